The number of hydrogen-bond acceptors (Lipinski definition) is 3. The lowest BCUT2D eigenvalue weighted by atomic mass is 10.1. The molecule has 0 amide bonds. The predicted molar refractivity (Wildman–Crippen MR) is 78.9 cm³/mol. The van der Waals surface area contributed by atoms with Gasteiger partial charge in [0.15, 0.2) is 0 Å². The predicted octanol–water partition coefficient (Wildman–Crippen LogP) is 3.41. The summed E-state index contributed by atoms with van der Waals surface area (Å²) >= 11 is 0. The van der Waals surface area contributed by atoms with E-state index in [2.05, 4.69) is 28.8 Å². The van der Waals surface area contributed by atoms with Crippen molar-refractivity contribution in [2.75, 3.05) is 24.3 Å². The molecule has 0 saturated carbocycles. The van der Waals surface area contributed by atoms with E-state index >= 15 is 0 Å². The maximum atomic E-state index is 13.2. The third kappa shape index (κ3) is 2.41. The van der Waals surface area contributed by atoms with Crippen LogP contribution in [-0.2, 0) is 13.0 Å². The highest BCUT2D eigenvalue weighted by molar-refractivity contribution is 5.63. The second-order valence-corrected chi connectivity index (χ2v) is 4.83. The number of hydrogen-bond donors (Lipinski definition) is 2. The van der Waals surface area contributed by atoms with E-state index in [0.29, 0.717) is 12.3 Å². The minimum Gasteiger partial charge on any atom is -0.494 e. The maximum Gasteiger partial charge on any atom is 0.144 e. The quantitative estimate of drug-likeness (QED) is 0.894. The Bertz CT molecular complexity index is 628. The van der Waals surface area contributed by atoms with Crippen LogP contribution in [0.3, 0.4) is 0 Å². The Morgan fingerprint density at radius 2 is 2.20 bits per heavy atom. The molecule has 0 bridgehead atoms. The number of halogens is 1. The van der Waals surface area contributed by atoms with Crippen LogP contribution >= 0.6 is 0 Å². The molecule has 2 aromatic rings. The van der Waals surface area contributed by atoms with E-state index in [9.17, 15) is 4.39 Å². The van der Waals surface area contributed by atoms with Gasteiger partial charge in [0.05, 0.1) is 12.8 Å². The molecule has 1 aliphatic heterocycles. The normalized spacial score (nSPS) is 12.7. The number of anilines is 2. The van der Waals surface area contributed by atoms with Crippen molar-refractivity contribution in [2.45, 2.75) is 13.0 Å². The molecule has 0 spiro atoms. The minimum atomic E-state index is -0.297. The Hall–Kier alpha value is -2.23. The van der Waals surface area contributed by atoms with E-state index in [1.54, 1.807) is 13.2 Å². The molecule has 104 valence electrons. The molecule has 2 aromatic carbocycles. The van der Waals surface area contributed by atoms with Gasteiger partial charge in [0, 0.05) is 24.8 Å². The number of nitrogens with one attached hydrogen (secondary N) is 2. The van der Waals surface area contributed by atoms with Gasteiger partial charge in [0.25, 0.3) is 0 Å². The molecule has 0 atom stereocenters. The highest BCUT2D eigenvalue weighted by Gasteiger charge is 2.13. The topological polar surface area (TPSA) is 33.3 Å². The first-order valence-electron chi connectivity index (χ1n) is 6.70. The van der Waals surface area contributed by atoms with Crippen LogP contribution < -0.4 is 15.4 Å². The Kier molecular flexibility index (Phi) is 3.46. The first-order valence-corrected chi connectivity index (χ1v) is 6.70. The van der Waals surface area contributed by atoms with Crippen LogP contribution in [0.2, 0.25) is 0 Å². The first kappa shape index (κ1) is 12.8. The van der Waals surface area contributed by atoms with Crippen molar-refractivity contribution >= 4 is 11.4 Å². The van der Waals surface area contributed by atoms with E-state index in [0.717, 1.165) is 18.7 Å². The van der Waals surface area contributed by atoms with Crippen molar-refractivity contribution in [3.8, 4) is 5.75 Å². The van der Waals surface area contributed by atoms with Crippen molar-refractivity contribution in [2.24, 2.45) is 0 Å². The number of ether oxygens (including phenoxy) is 1. The molecular formula is C16H17FN2O. The zero-order valence-electron chi connectivity index (χ0n) is 11.4. The lowest BCUT2D eigenvalue weighted by Crippen LogP contribution is -2.04. The van der Waals surface area contributed by atoms with Crippen LogP contribution in [0.15, 0.2) is 36.4 Å². The van der Waals surface area contributed by atoms with Crippen molar-refractivity contribution in [3.05, 3.63) is 53.3 Å². The minimum absolute atomic E-state index is 0.297. The van der Waals surface area contributed by atoms with E-state index in [4.69, 9.17) is 4.74 Å². The lowest BCUT2D eigenvalue weighted by molar-refractivity contribution is 0.413. The smallest absolute Gasteiger partial charge is 0.144 e. The van der Waals surface area contributed by atoms with E-state index in [1.165, 1.54) is 28.9 Å². The van der Waals surface area contributed by atoms with Gasteiger partial charge in [-0.15, -0.1) is 0 Å². The molecule has 1 aliphatic rings. The summed E-state index contributed by atoms with van der Waals surface area (Å²) in [4.78, 5) is 0. The Balaban J connectivity index is 1.79. The van der Waals surface area contributed by atoms with Crippen molar-refractivity contribution in [1.29, 1.82) is 0 Å². The summed E-state index contributed by atoms with van der Waals surface area (Å²) < 4.78 is 18.3. The molecule has 3 rings (SSSR count). The molecule has 0 radical (unpaired) electrons. The summed E-state index contributed by atoms with van der Waals surface area (Å²) in [5, 5.41) is 6.72. The third-order valence-corrected chi connectivity index (χ3v) is 3.57. The summed E-state index contributed by atoms with van der Waals surface area (Å²) in [6, 6.07) is 10.8. The summed E-state index contributed by atoms with van der Waals surface area (Å²) in [6.45, 7) is 1.67. The van der Waals surface area contributed by atoms with Gasteiger partial charge in [-0.1, -0.05) is 18.2 Å². The van der Waals surface area contributed by atoms with Gasteiger partial charge < -0.3 is 15.4 Å². The number of fused-ring (bicyclic) bond motifs is 1. The first-order chi connectivity index (χ1) is 9.78. The molecule has 0 unspecified atom stereocenters. The highest BCUT2D eigenvalue weighted by Crippen LogP contribution is 2.29. The molecule has 1 heterocycles. The van der Waals surface area contributed by atoms with Crippen LogP contribution in [0.1, 0.15) is 11.1 Å². The molecule has 4 heteroatoms. The zero-order chi connectivity index (χ0) is 13.9. The molecule has 0 aromatic heterocycles. The maximum absolute atomic E-state index is 13.2. The Labute approximate surface area is 117 Å². The molecule has 0 fully saturated rings. The largest absolute Gasteiger partial charge is 0.494 e. The fourth-order valence-corrected chi connectivity index (χ4v) is 2.56. The van der Waals surface area contributed by atoms with E-state index < -0.39 is 0 Å². The standard InChI is InChI=1S/C16H17FN2O/c1-20-15-9-13(17)5-6-14(15)19-10-12-4-2-3-11-7-8-18-16(11)12/h2-6,9,18-19H,7-8,10H2,1H3. The molecule has 20 heavy (non-hydrogen) atoms. The highest BCUT2D eigenvalue weighted by atomic mass is 19.1. The van der Waals surface area contributed by atoms with Gasteiger partial charge in [-0.25, -0.2) is 4.39 Å². The van der Waals surface area contributed by atoms with Crippen LogP contribution in [0.25, 0.3) is 0 Å². The average molecular weight is 272 g/mol. The van der Waals surface area contributed by atoms with Crippen LogP contribution in [0.5, 0.6) is 5.75 Å². The second-order valence-electron chi connectivity index (χ2n) is 4.83. The van der Waals surface area contributed by atoms with Gasteiger partial charge in [-0.3, -0.25) is 0 Å². The Morgan fingerprint density at radius 1 is 1.30 bits per heavy atom. The van der Waals surface area contributed by atoms with Crippen molar-refractivity contribution < 1.29 is 9.13 Å². The molecule has 3 nitrogen and oxygen atoms in total. The monoisotopic (exact) mass is 272 g/mol. The van der Waals surface area contributed by atoms with E-state index in [-0.39, 0.29) is 5.82 Å². The Morgan fingerprint density at radius 3 is 3.05 bits per heavy atom. The SMILES string of the molecule is COc1cc(F)ccc1NCc1cccc2c1NCC2. The van der Waals surface area contributed by atoms with Gasteiger partial charge in [-0.2, -0.15) is 0 Å². The molecule has 2 N–H and O–H groups in total. The fraction of sp³-hybridized carbons (Fsp3) is 0.250. The molecular weight excluding hydrogens is 255 g/mol. The number of benzene rings is 2. The fourth-order valence-electron chi connectivity index (χ4n) is 2.56. The molecule has 0 saturated heterocycles. The van der Waals surface area contributed by atoms with Gasteiger partial charge in [0.1, 0.15) is 11.6 Å². The van der Waals surface area contributed by atoms with Gasteiger partial charge >= 0.3 is 0 Å². The van der Waals surface area contributed by atoms with Gasteiger partial charge in [0.2, 0.25) is 0 Å². The summed E-state index contributed by atoms with van der Waals surface area (Å²) in [6.07, 6.45) is 1.07. The zero-order valence-corrected chi connectivity index (χ0v) is 11.4. The van der Waals surface area contributed by atoms with Gasteiger partial charge in [-0.05, 0) is 29.7 Å². The summed E-state index contributed by atoms with van der Waals surface area (Å²) in [5.74, 6) is 0.222. The summed E-state index contributed by atoms with van der Waals surface area (Å²) in [5.41, 5.74) is 4.59. The summed E-state index contributed by atoms with van der Waals surface area (Å²) in [7, 11) is 1.54. The lowest BCUT2D eigenvalue weighted by Gasteiger charge is -2.13. The van der Waals surface area contributed by atoms with Crippen LogP contribution in [0, 0.1) is 5.82 Å². The number of rotatable bonds is 4. The number of para-hydroxylation sites is 1. The third-order valence-electron chi connectivity index (χ3n) is 3.57. The second kappa shape index (κ2) is 5.41. The van der Waals surface area contributed by atoms with Crippen LogP contribution in [0.4, 0.5) is 15.8 Å². The number of methoxy groups -OCH3 is 1. The van der Waals surface area contributed by atoms with E-state index in [1.807, 2.05) is 0 Å². The van der Waals surface area contributed by atoms with Crippen LogP contribution in [-0.4, -0.2) is 13.7 Å². The van der Waals surface area contributed by atoms with Crippen molar-refractivity contribution in [3.63, 3.8) is 0 Å². The molecule has 0 aliphatic carbocycles. The van der Waals surface area contributed by atoms with Crippen molar-refractivity contribution in [1.82, 2.24) is 0 Å². The average Bonchev–Trinajstić information content (AvgIpc) is 2.94.